The van der Waals surface area contributed by atoms with Gasteiger partial charge in [-0.25, -0.2) is 9.78 Å². The van der Waals surface area contributed by atoms with Gasteiger partial charge < -0.3 is 9.30 Å². The van der Waals surface area contributed by atoms with Crippen LogP contribution < -0.4 is 0 Å². The molecule has 0 N–H and O–H groups in total. The van der Waals surface area contributed by atoms with E-state index in [1.165, 1.54) is 15.6 Å². The van der Waals surface area contributed by atoms with Gasteiger partial charge in [-0.1, -0.05) is 18.2 Å². The highest BCUT2D eigenvalue weighted by atomic mass is 32.1. The van der Waals surface area contributed by atoms with Gasteiger partial charge in [-0.15, -0.1) is 11.3 Å². The Balaban J connectivity index is 1.19. The van der Waals surface area contributed by atoms with E-state index in [0.717, 1.165) is 43.3 Å². The Morgan fingerprint density at radius 2 is 2.18 bits per heavy atom. The van der Waals surface area contributed by atoms with Crippen LogP contribution in [0.4, 0.5) is 4.79 Å². The second kappa shape index (κ2) is 7.89. The van der Waals surface area contributed by atoms with Crippen molar-refractivity contribution >= 4 is 38.5 Å². The van der Waals surface area contributed by atoms with Gasteiger partial charge >= 0.3 is 6.09 Å². The van der Waals surface area contributed by atoms with Crippen LogP contribution in [0.15, 0.2) is 54.2 Å². The fourth-order valence-corrected chi connectivity index (χ4v) is 6.51. The van der Waals surface area contributed by atoms with Gasteiger partial charge in [-0.2, -0.15) is 5.26 Å². The maximum Gasteiger partial charge on any atom is 0.410 e. The van der Waals surface area contributed by atoms with E-state index in [1.807, 2.05) is 29.4 Å². The van der Waals surface area contributed by atoms with Gasteiger partial charge in [0.15, 0.2) is 0 Å². The predicted octanol–water partition coefficient (Wildman–Crippen LogP) is 5.70. The van der Waals surface area contributed by atoms with Gasteiger partial charge in [0, 0.05) is 11.2 Å². The molecule has 7 heteroatoms. The molecule has 6 nitrogen and oxygen atoms in total. The first kappa shape index (κ1) is 20.3. The van der Waals surface area contributed by atoms with Crippen molar-refractivity contribution in [2.75, 3.05) is 6.54 Å². The first-order chi connectivity index (χ1) is 16.1. The largest absolute Gasteiger partial charge is 0.441 e. The minimum Gasteiger partial charge on any atom is -0.441 e. The first-order valence-electron chi connectivity index (χ1n) is 11.4. The molecule has 166 valence electrons. The van der Waals surface area contributed by atoms with E-state index in [1.54, 1.807) is 17.4 Å². The molecule has 33 heavy (non-hydrogen) atoms. The second-order valence-electron chi connectivity index (χ2n) is 9.34. The van der Waals surface area contributed by atoms with Gasteiger partial charge in [-0.3, -0.25) is 4.90 Å². The molecule has 1 aliphatic heterocycles. The van der Waals surface area contributed by atoms with Crippen molar-refractivity contribution in [1.82, 2.24) is 14.5 Å². The predicted molar refractivity (Wildman–Crippen MR) is 128 cm³/mol. The van der Waals surface area contributed by atoms with E-state index in [-0.39, 0.29) is 6.09 Å². The average Bonchev–Trinajstić information content (AvgIpc) is 3.50. The third-order valence-corrected chi connectivity index (χ3v) is 8.09. The van der Waals surface area contributed by atoms with Crippen LogP contribution in [-0.2, 0) is 17.8 Å². The summed E-state index contributed by atoms with van der Waals surface area (Å²) in [5.74, 6) is 0.400. The van der Waals surface area contributed by atoms with Crippen LogP contribution in [0.25, 0.3) is 21.1 Å². The smallest absolute Gasteiger partial charge is 0.410 e. The average molecular weight is 457 g/mol. The minimum absolute atomic E-state index is 0.197. The number of nitrogens with zero attached hydrogens (tertiary/aromatic N) is 4. The summed E-state index contributed by atoms with van der Waals surface area (Å²) in [6, 6.07) is 16.2. The molecule has 2 aromatic carbocycles. The zero-order chi connectivity index (χ0) is 22.4. The first-order valence-corrected chi connectivity index (χ1v) is 12.3. The van der Waals surface area contributed by atoms with Gasteiger partial charge in [0.05, 0.1) is 42.1 Å². The van der Waals surface area contributed by atoms with Crippen molar-refractivity contribution < 1.29 is 9.53 Å². The van der Waals surface area contributed by atoms with E-state index in [9.17, 15) is 10.1 Å². The van der Waals surface area contributed by atoms with Crippen LogP contribution in [0.3, 0.4) is 0 Å². The number of hydrogen-bond acceptors (Lipinski definition) is 5. The lowest BCUT2D eigenvalue weighted by Crippen LogP contribution is -2.40. The SMILES string of the molecule is N#Cc1ccc2ncn(CC3CCCC4(C3)CN(Cc3csc5ccccc35)C(=O)O4)c2c1. The number of carbonyl (C=O) groups is 1. The molecular weight excluding hydrogens is 432 g/mol. The Labute approximate surface area is 196 Å². The third-order valence-electron chi connectivity index (χ3n) is 7.07. The van der Waals surface area contributed by atoms with Crippen molar-refractivity contribution in [3.05, 3.63) is 65.3 Å². The number of imidazole rings is 1. The van der Waals surface area contributed by atoms with Crippen molar-refractivity contribution in [3.8, 4) is 6.07 Å². The number of benzene rings is 2. The van der Waals surface area contributed by atoms with Crippen molar-refractivity contribution in [1.29, 1.82) is 5.26 Å². The van der Waals surface area contributed by atoms with E-state index >= 15 is 0 Å². The molecule has 1 amide bonds. The van der Waals surface area contributed by atoms with Crippen molar-refractivity contribution in [3.63, 3.8) is 0 Å². The van der Waals surface area contributed by atoms with Crippen LogP contribution in [0.2, 0.25) is 0 Å². The summed E-state index contributed by atoms with van der Waals surface area (Å²) >= 11 is 1.72. The molecular formula is C26H24N4O2S. The van der Waals surface area contributed by atoms with Crippen molar-refractivity contribution in [2.45, 2.75) is 44.4 Å². The molecule has 1 aliphatic carbocycles. The fraction of sp³-hybridized carbons (Fsp3) is 0.346. The molecule has 0 bridgehead atoms. The quantitative estimate of drug-likeness (QED) is 0.395. The lowest BCUT2D eigenvalue weighted by Gasteiger charge is -2.36. The van der Waals surface area contributed by atoms with Crippen LogP contribution in [0.5, 0.6) is 0 Å². The lowest BCUT2D eigenvalue weighted by molar-refractivity contribution is 0.00415. The Hall–Kier alpha value is -3.37. The highest BCUT2D eigenvalue weighted by Crippen LogP contribution is 2.41. The van der Waals surface area contributed by atoms with E-state index in [2.05, 4.69) is 39.2 Å². The van der Waals surface area contributed by atoms with Crippen LogP contribution in [0.1, 0.15) is 36.8 Å². The van der Waals surface area contributed by atoms with E-state index in [0.29, 0.717) is 24.6 Å². The molecule has 4 aromatic rings. The van der Waals surface area contributed by atoms with Crippen LogP contribution >= 0.6 is 11.3 Å². The summed E-state index contributed by atoms with van der Waals surface area (Å²) in [5.41, 5.74) is 3.32. The summed E-state index contributed by atoms with van der Waals surface area (Å²) in [7, 11) is 0. The Morgan fingerprint density at radius 3 is 3.09 bits per heavy atom. The molecule has 0 radical (unpaired) electrons. The number of amides is 1. The molecule has 2 fully saturated rings. The Kier molecular flexibility index (Phi) is 4.84. The topological polar surface area (TPSA) is 71.2 Å². The fourth-order valence-electron chi connectivity index (χ4n) is 5.56. The summed E-state index contributed by atoms with van der Waals surface area (Å²) < 4.78 is 9.45. The number of ether oxygens (including phenoxy) is 1. The Morgan fingerprint density at radius 1 is 1.27 bits per heavy atom. The van der Waals surface area contributed by atoms with E-state index in [4.69, 9.17) is 4.74 Å². The molecule has 1 saturated carbocycles. The van der Waals surface area contributed by atoms with Crippen molar-refractivity contribution in [2.24, 2.45) is 5.92 Å². The maximum absolute atomic E-state index is 12.8. The molecule has 1 spiro atoms. The number of nitriles is 1. The summed E-state index contributed by atoms with van der Waals surface area (Å²) in [5, 5.41) is 12.6. The van der Waals surface area contributed by atoms with Gasteiger partial charge in [0.1, 0.15) is 5.60 Å². The molecule has 3 heterocycles. The molecule has 2 aromatic heterocycles. The maximum atomic E-state index is 12.8. The zero-order valence-corrected chi connectivity index (χ0v) is 19.1. The molecule has 1 saturated heterocycles. The third kappa shape index (κ3) is 3.65. The van der Waals surface area contributed by atoms with E-state index < -0.39 is 5.60 Å². The molecule has 6 rings (SSSR count). The van der Waals surface area contributed by atoms with Gasteiger partial charge in [0.2, 0.25) is 0 Å². The zero-order valence-electron chi connectivity index (χ0n) is 18.2. The number of thiophene rings is 1. The van der Waals surface area contributed by atoms with Gasteiger partial charge in [-0.05, 0) is 72.2 Å². The normalized spacial score (nSPS) is 22.8. The molecule has 2 aliphatic rings. The minimum atomic E-state index is -0.403. The highest BCUT2D eigenvalue weighted by Gasteiger charge is 2.48. The lowest BCUT2D eigenvalue weighted by atomic mass is 9.78. The summed E-state index contributed by atoms with van der Waals surface area (Å²) in [4.78, 5) is 19.2. The number of carbonyl (C=O) groups excluding carboxylic acids is 1. The Bertz CT molecular complexity index is 1400. The standard InChI is InChI=1S/C26H24N4O2S/c27-12-18-7-8-22-23(10-18)30(17-28-22)13-19-4-3-9-26(11-19)16-29(25(31)32-26)14-20-15-33-24-6-2-1-5-21(20)24/h1-2,5-8,10,15,17,19H,3-4,9,11,13-14,16H2. The highest BCUT2D eigenvalue weighted by molar-refractivity contribution is 7.17. The summed E-state index contributed by atoms with van der Waals surface area (Å²) in [6.07, 6.45) is 5.59. The number of hydrogen-bond donors (Lipinski definition) is 0. The van der Waals surface area contributed by atoms with Crippen LogP contribution in [-0.4, -0.2) is 32.7 Å². The second-order valence-corrected chi connectivity index (χ2v) is 10.2. The number of fused-ring (bicyclic) bond motifs is 2. The molecule has 2 unspecified atom stereocenters. The molecule has 2 atom stereocenters. The summed E-state index contributed by atoms with van der Waals surface area (Å²) in [6.45, 7) is 2.06. The monoisotopic (exact) mass is 456 g/mol. The number of aromatic nitrogens is 2. The number of rotatable bonds is 4. The van der Waals surface area contributed by atoms with Crippen LogP contribution in [0, 0.1) is 17.2 Å². The van der Waals surface area contributed by atoms with Gasteiger partial charge in [0.25, 0.3) is 0 Å².